The molecule has 0 heterocycles. The molecule has 4 heteroatoms. The average molecular weight is 401 g/mol. The van der Waals surface area contributed by atoms with E-state index in [1.165, 1.54) is 23.6 Å². The lowest BCUT2D eigenvalue weighted by Crippen LogP contribution is -2.36. The van der Waals surface area contributed by atoms with Crippen LogP contribution >= 0.6 is 0 Å². The van der Waals surface area contributed by atoms with Crippen molar-refractivity contribution in [1.29, 1.82) is 0 Å². The summed E-state index contributed by atoms with van der Waals surface area (Å²) in [6.07, 6.45) is 11.0. The number of aliphatic hydroxyl groups excluding tert-OH is 1. The molecule has 0 aliphatic heterocycles. The van der Waals surface area contributed by atoms with Gasteiger partial charge in [-0.1, -0.05) is 34.9 Å². The number of Topliss-reactive ketones (excluding diaryl/α,β-unsaturated/α-hetero) is 1. The van der Waals surface area contributed by atoms with Gasteiger partial charge in [-0.05, 0) is 86.1 Å². The maximum absolute atomic E-state index is 12.8. The second kappa shape index (κ2) is 10.4. The molecule has 0 aromatic carbocycles. The number of carboxylic acid groups (broad SMARTS) is 1. The van der Waals surface area contributed by atoms with Gasteiger partial charge in [0.25, 0.3) is 0 Å². The average Bonchev–Trinajstić information content (AvgIpc) is 2.63. The summed E-state index contributed by atoms with van der Waals surface area (Å²) in [5.41, 5.74) is 3.34. The molecule has 0 aromatic heterocycles. The minimum absolute atomic E-state index is 0.122. The van der Waals surface area contributed by atoms with Gasteiger partial charge in [0.1, 0.15) is 11.3 Å². The van der Waals surface area contributed by atoms with Gasteiger partial charge >= 0.3 is 5.97 Å². The molecule has 160 valence electrons. The van der Waals surface area contributed by atoms with E-state index in [-0.39, 0.29) is 16.9 Å². The van der Waals surface area contributed by atoms with Gasteiger partial charge in [-0.25, -0.2) is 4.79 Å². The lowest BCUT2D eigenvalue weighted by Gasteiger charge is -2.34. The molecule has 0 saturated heterocycles. The normalized spacial score (nSPS) is 21.0. The Labute approximate surface area is 175 Å². The van der Waals surface area contributed by atoms with Crippen LogP contribution in [0.5, 0.6) is 0 Å². The number of rotatable bonds is 9. The van der Waals surface area contributed by atoms with Crippen LogP contribution in [0.15, 0.2) is 57.4 Å². The van der Waals surface area contributed by atoms with Crippen LogP contribution < -0.4 is 0 Å². The molecule has 1 aliphatic carbocycles. The fourth-order valence-electron chi connectivity index (χ4n) is 3.56. The van der Waals surface area contributed by atoms with Crippen molar-refractivity contribution in [3.8, 4) is 0 Å². The van der Waals surface area contributed by atoms with E-state index in [1.54, 1.807) is 13.8 Å². The van der Waals surface area contributed by atoms with Gasteiger partial charge in [0.15, 0.2) is 5.78 Å². The first-order chi connectivity index (χ1) is 13.4. The fourth-order valence-corrected chi connectivity index (χ4v) is 3.56. The standard InChI is InChI=1S/C25H36O4/c1-16(2)10-8-11-17(3)12-9-13-18(4)14-15-25(7)20(6)21(24(28)29)22(26)19(5)23(25)27/h10,12,14,26H,8-9,11,13,15H2,1-7H3,(H,28,29). The highest BCUT2D eigenvalue weighted by molar-refractivity contribution is 6.08. The predicted molar refractivity (Wildman–Crippen MR) is 119 cm³/mol. The molecule has 0 saturated carbocycles. The smallest absolute Gasteiger partial charge is 0.339 e. The molecule has 1 unspecified atom stereocenters. The van der Waals surface area contributed by atoms with E-state index in [4.69, 9.17) is 0 Å². The summed E-state index contributed by atoms with van der Waals surface area (Å²) in [6.45, 7) is 13.3. The van der Waals surface area contributed by atoms with Crippen LogP contribution in [0.1, 0.15) is 80.6 Å². The van der Waals surface area contributed by atoms with Gasteiger partial charge in [-0.3, -0.25) is 4.79 Å². The van der Waals surface area contributed by atoms with E-state index in [0.29, 0.717) is 12.0 Å². The number of allylic oxidation sites excluding steroid dienone is 8. The molecular weight excluding hydrogens is 364 g/mol. The highest BCUT2D eigenvalue weighted by atomic mass is 16.4. The van der Waals surface area contributed by atoms with Crippen molar-refractivity contribution >= 4 is 11.8 Å². The summed E-state index contributed by atoms with van der Waals surface area (Å²) in [5.74, 6) is -1.82. The van der Waals surface area contributed by atoms with Gasteiger partial charge in [0, 0.05) is 5.57 Å². The molecule has 0 bridgehead atoms. The zero-order chi connectivity index (χ0) is 22.4. The summed E-state index contributed by atoms with van der Waals surface area (Å²) >= 11 is 0. The first-order valence-electron chi connectivity index (χ1n) is 10.3. The van der Waals surface area contributed by atoms with Crippen LogP contribution in [0.25, 0.3) is 0 Å². The fraction of sp³-hybridized carbons (Fsp3) is 0.520. The molecule has 1 rings (SSSR count). The van der Waals surface area contributed by atoms with E-state index in [2.05, 4.69) is 32.9 Å². The van der Waals surface area contributed by atoms with Crippen molar-refractivity contribution in [2.75, 3.05) is 0 Å². The van der Waals surface area contributed by atoms with Crippen LogP contribution in [0.3, 0.4) is 0 Å². The van der Waals surface area contributed by atoms with Crippen molar-refractivity contribution in [2.45, 2.75) is 80.6 Å². The quantitative estimate of drug-likeness (QED) is 0.427. The summed E-state index contributed by atoms with van der Waals surface area (Å²) in [5, 5.41) is 19.6. The molecule has 0 aromatic rings. The second-order valence-electron chi connectivity index (χ2n) is 8.60. The summed E-state index contributed by atoms with van der Waals surface area (Å²) in [7, 11) is 0. The minimum Gasteiger partial charge on any atom is -0.507 e. The Balaban J connectivity index is 2.84. The maximum Gasteiger partial charge on any atom is 0.339 e. The number of ketones is 1. The van der Waals surface area contributed by atoms with Crippen molar-refractivity contribution in [1.82, 2.24) is 0 Å². The Morgan fingerprint density at radius 3 is 2.00 bits per heavy atom. The van der Waals surface area contributed by atoms with Gasteiger partial charge in [0.2, 0.25) is 0 Å². The first-order valence-corrected chi connectivity index (χ1v) is 10.3. The molecule has 0 fully saturated rings. The van der Waals surface area contributed by atoms with E-state index in [1.807, 2.05) is 13.0 Å². The van der Waals surface area contributed by atoms with Gasteiger partial charge in [0.05, 0.1) is 5.41 Å². The molecule has 0 amide bonds. The molecule has 4 nitrogen and oxygen atoms in total. The molecule has 0 radical (unpaired) electrons. The molecule has 1 aliphatic rings. The lowest BCUT2D eigenvalue weighted by molar-refractivity contribution is -0.133. The molecule has 2 N–H and O–H groups in total. The Morgan fingerprint density at radius 2 is 1.48 bits per heavy atom. The number of aliphatic hydroxyl groups is 1. The monoisotopic (exact) mass is 400 g/mol. The van der Waals surface area contributed by atoms with Gasteiger partial charge in [-0.2, -0.15) is 0 Å². The number of hydrogen-bond acceptors (Lipinski definition) is 3. The highest BCUT2D eigenvalue weighted by Gasteiger charge is 2.43. The van der Waals surface area contributed by atoms with Crippen LogP contribution in [0, 0.1) is 5.41 Å². The summed E-state index contributed by atoms with van der Waals surface area (Å²) in [4.78, 5) is 24.4. The number of carbonyl (C=O) groups is 2. The molecule has 1 atom stereocenters. The second-order valence-corrected chi connectivity index (χ2v) is 8.60. The topological polar surface area (TPSA) is 74.6 Å². The Bertz CT molecular complexity index is 814. The number of hydrogen-bond donors (Lipinski definition) is 2. The van der Waals surface area contributed by atoms with E-state index in [9.17, 15) is 19.8 Å². The summed E-state index contributed by atoms with van der Waals surface area (Å²) < 4.78 is 0. The number of aliphatic carboxylic acids is 1. The van der Waals surface area contributed by atoms with E-state index >= 15 is 0 Å². The minimum atomic E-state index is -1.20. The third kappa shape index (κ3) is 6.31. The van der Waals surface area contributed by atoms with Crippen LogP contribution in [-0.2, 0) is 9.59 Å². The SMILES string of the molecule is CC(C)=CCCC(C)=CCCC(C)=CCC1(C)C(=O)C(C)=C(O)C(C(=O)O)=C1C. The Kier molecular flexibility index (Phi) is 8.87. The maximum atomic E-state index is 12.8. The molecular formula is C25H36O4. The Hall–Kier alpha value is -2.36. The Morgan fingerprint density at radius 1 is 0.966 bits per heavy atom. The lowest BCUT2D eigenvalue weighted by atomic mass is 9.68. The first kappa shape index (κ1) is 24.7. The van der Waals surface area contributed by atoms with Gasteiger partial charge in [-0.15, -0.1) is 0 Å². The number of carboxylic acids is 1. The summed E-state index contributed by atoms with van der Waals surface area (Å²) in [6, 6.07) is 0. The highest BCUT2D eigenvalue weighted by Crippen LogP contribution is 2.43. The van der Waals surface area contributed by atoms with Gasteiger partial charge < -0.3 is 10.2 Å². The van der Waals surface area contributed by atoms with E-state index in [0.717, 1.165) is 25.7 Å². The zero-order valence-corrected chi connectivity index (χ0v) is 19.0. The molecule has 29 heavy (non-hydrogen) atoms. The van der Waals surface area contributed by atoms with Crippen molar-refractivity contribution in [3.05, 3.63) is 57.4 Å². The van der Waals surface area contributed by atoms with Crippen LogP contribution in [0.4, 0.5) is 0 Å². The van der Waals surface area contributed by atoms with Crippen molar-refractivity contribution in [3.63, 3.8) is 0 Å². The zero-order valence-electron chi connectivity index (χ0n) is 19.0. The van der Waals surface area contributed by atoms with Crippen LogP contribution in [0.2, 0.25) is 0 Å². The molecule has 0 spiro atoms. The van der Waals surface area contributed by atoms with Crippen molar-refractivity contribution < 1.29 is 19.8 Å². The van der Waals surface area contributed by atoms with Crippen LogP contribution in [-0.4, -0.2) is 22.0 Å². The van der Waals surface area contributed by atoms with E-state index < -0.39 is 17.1 Å². The number of carbonyl (C=O) groups excluding carboxylic acids is 1. The predicted octanol–water partition coefficient (Wildman–Crippen LogP) is 6.62. The third-order valence-corrected chi connectivity index (χ3v) is 5.83. The largest absolute Gasteiger partial charge is 0.507 e. The third-order valence-electron chi connectivity index (χ3n) is 5.83. The van der Waals surface area contributed by atoms with Crippen molar-refractivity contribution in [2.24, 2.45) is 5.41 Å².